The summed E-state index contributed by atoms with van der Waals surface area (Å²) in [6.07, 6.45) is 0.979. The molecule has 4 heteroatoms. The molecule has 0 radical (unpaired) electrons. The van der Waals surface area contributed by atoms with E-state index in [0.717, 1.165) is 12.2 Å². The van der Waals surface area contributed by atoms with Gasteiger partial charge in [-0.05, 0) is 30.7 Å². The van der Waals surface area contributed by atoms with Crippen LogP contribution in [0.25, 0.3) is 0 Å². The molecule has 3 N–H and O–H groups in total. The van der Waals surface area contributed by atoms with Crippen molar-refractivity contribution in [2.45, 2.75) is 25.5 Å². The maximum atomic E-state index is 5.99. The number of hydrogen-bond acceptors (Lipinski definition) is 4. The van der Waals surface area contributed by atoms with Crippen LogP contribution in [0.3, 0.4) is 0 Å². The van der Waals surface area contributed by atoms with Gasteiger partial charge in [0.25, 0.3) is 0 Å². The van der Waals surface area contributed by atoms with Gasteiger partial charge in [-0.3, -0.25) is 5.84 Å². The van der Waals surface area contributed by atoms with E-state index in [0.29, 0.717) is 0 Å². The molecule has 3 nitrogen and oxygen atoms in total. The van der Waals surface area contributed by atoms with Crippen LogP contribution < -0.4 is 16.0 Å². The number of nitrogens with two attached hydrogens (primary N) is 1. The van der Waals surface area contributed by atoms with Gasteiger partial charge in [0.1, 0.15) is 11.9 Å². The van der Waals surface area contributed by atoms with E-state index in [4.69, 9.17) is 10.6 Å². The second-order valence-electron chi connectivity index (χ2n) is 4.56. The van der Waals surface area contributed by atoms with Crippen molar-refractivity contribution in [2.75, 3.05) is 0 Å². The van der Waals surface area contributed by atoms with Gasteiger partial charge in [0, 0.05) is 16.2 Å². The van der Waals surface area contributed by atoms with Crippen molar-refractivity contribution in [2.24, 2.45) is 5.84 Å². The maximum absolute atomic E-state index is 5.99. The largest absolute Gasteiger partial charge is 0.488 e. The van der Waals surface area contributed by atoms with Gasteiger partial charge in [-0.1, -0.05) is 18.2 Å². The highest BCUT2D eigenvalue weighted by Crippen LogP contribution is 2.35. The molecular weight excluding hydrogens is 244 g/mol. The van der Waals surface area contributed by atoms with Crippen molar-refractivity contribution in [3.63, 3.8) is 0 Å². The number of rotatable bonds is 3. The average molecular weight is 260 g/mol. The van der Waals surface area contributed by atoms with Crippen molar-refractivity contribution >= 4 is 11.3 Å². The lowest BCUT2D eigenvalue weighted by atomic mass is 10.0. The van der Waals surface area contributed by atoms with Gasteiger partial charge in [-0.2, -0.15) is 0 Å². The molecule has 0 spiro atoms. The number of thiophene rings is 1. The molecular formula is C14H16N2OS. The summed E-state index contributed by atoms with van der Waals surface area (Å²) in [4.78, 5) is 2.52. The van der Waals surface area contributed by atoms with E-state index in [1.807, 2.05) is 18.2 Å². The number of aryl methyl sites for hydroxylation is 1. The maximum Gasteiger partial charge on any atom is 0.124 e. The van der Waals surface area contributed by atoms with Crippen LogP contribution in [-0.2, 0) is 6.42 Å². The second kappa shape index (κ2) is 4.72. The monoisotopic (exact) mass is 260 g/mol. The zero-order valence-corrected chi connectivity index (χ0v) is 11.0. The van der Waals surface area contributed by atoms with Crippen LogP contribution in [0.1, 0.15) is 21.4 Å². The van der Waals surface area contributed by atoms with Crippen LogP contribution in [0.5, 0.6) is 5.75 Å². The molecule has 2 unspecified atom stereocenters. The summed E-state index contributed by atoms with van der Waals surface area (Å²) in [5, 5.41) is 0. The standard InChI is InChI=1S/C14H16N2OS/c1-9-6-7-13(18-9)14(16-15)12-8-10-4-2-3-5-11(10)17-12/h2-7,12,14,16H,8,15H2,1H3. The van der Waals surface area contributed by atoms with Gasteiger partial charge < -0.3 is 4.74 Å². The van der Waals surface area contributed by atoms with Crippen molar-refractivity contribution in [1.29, 1.82) is 0 Å². The SMILES string of the molecule is Cc1ccc(C(NN)C2Cc3ccccc3O2)s1. The molecule has 0 saturated carbocycles. The predicted octanol–water partition coefficient (Wildman–Crippen LogP) is 2.56. The van der Waals surface area contributed by atoms with Gasteiger partial charge in [0.05, 0.1) is 6.04 Å². The molecule has 0 fully saturated rings. The Bertz CT molecular complexity index is 527. The first-order valence-corrected chi connectivity index (χ1v) is 6.86. The van der Waals surface area contributed by atoms with Gasteiger partial charge in [0.15, 0.2) is 0 Å². The van der Waals surface area contributed by atoms with Crippen LogP contribution in [0, 0.1) is 6.92 Å². The smallest absolute Gasteiger partial charge is 0.124 e. The topological polar surface area (TPSA) is 47.3 Å². The number of nitrogens with one attached hydrogen (secondary N) is 1. The minimum atomic E-state index is 0.0519. The van der Waals surface area contributed by atoms with E-state index < -0.39 is 0 Å². The molecule has 0 amide bonds. The normalized spacial score (nSPS) is 19.3. The minimum absolute atomic E-state index is 0.0519. The fourth-order valence-electron chi connectivity index (χ4n) is 2.39. The Hall–Kier alpha value is -1.36. The number of ether oxygens (including phenoxy) is 1. The summed E-state index contributed by atoms with van der Waals surface area (Å²) in [6.45, 7) is 2.10. The van der Waals surface area contributed by atoms with Crippen LogP contribution in [0.2, 0.25) is 0 Å². The number of benzene rings is 1. The predicted molar refractivity (Wildman–Crippen MR) is 73.7 cm³/mol. The van der Waals surface area contributed by atoms with Crippen LogP contribution in [-0.4, -0.2) is 6.10 Å². The summed E-state index contributed by atoms with van der Waals surface area (Å²) in [7, 11) is 0. The summed E-state index contributed by atoms with van der Waals surface area (Å²) >= 11 is 1.76. The lowest BCUT2D eigenvalue weighted by Crippen LogP contribution is -2.38. The van der Waals surface area contributed by atoms with Crippen LogP contribution >= 0.6 is 11.3 Å². The van der Waals surface area contributed by atoms with Crippen molar-refractivity contribution < 1.29 is 4.74 Å². The van der Waals surface area contributed by atoms with Crippen molar-refractivity contribution in [3.8, 4) is 5.75 Å². The molecule has 0 bridgehead atoms. The number of hydrogen-bond donors (Lipinski definition) is 2. The Kier molecular flexibility index (Phi) is 3.07. The van der Waals surface area contributed by atoms with E-state index in [-0.39, 0.29) is 12.1 Å². The second-order valence-corrected chi connectivity index (χ2v) is 5.88. The first-order valence-electron chi connectivity index (χ1n) is 6.05. The van der Waals surface area contributed by atoms with Crippen LogP contribution in [0.15, 0.2) is 36.4 Å². The summed E-state index contributed by atoms with van der Waals surface area (Å²) in [6, 6.07) is 12.5. The molecule has 2 atom stereocenters. The highest BCUT2D eigenvalue weighted by atomic mass is 32.1. The summed E-state index contributed by atoms with van der Waals surface area (Å²) in [5.74, 6) is 6.69. The van der Waals surface area contributed by atoms with Gasteiger partial charge in [-0.15, -0.1) is 11.3 Å². The fourth-order valence-corrected chi connectivity index (χ4v) is 3.38. The molecule has 1 aromatic carbocycles. The average Bonchev–Trinajstić information content (AvgIpc) is 2.96. The Morgan fingerprint density at radius 2 is 2.17 bits per heavy atom. The zero-order valence-electron chi connectivity index (χ0n) is 10.2. The molecule has 1 aliphatic rings. The molecule has 2 heterocycles. The third kappa shape index (κ3) is 2.03. The molecule has 3 rings (SSSR count). The van der Waals surface area contributed by atoms with Gasteiger partial charge in [0.2, 0.25) is 0 Å². The molecule has 0 saturated heterocycles. The Morgan fingerprint density at radius 3 is 2.83 bits per heavy atom. The lowest BCUT2D eigenvalue weighted by molar-refractivity contribution is 0.181. The Balaban J connectivity index is 1.83. The van der Waals surface area contributed by atoms with E-state index in [2.05, 4.69) is 30.5 Å². The molecule has 18 heavy (non-hydrogen) atoms. The zero-order chi connectivity index (χ0) is 12.5. The molecule has 94 valence electrons. The lowest BCUT2D eigenvalue weighted by Gasteiger charge is -2.21. The third-order valence-electron chi connectivity index (χ3n) is 3.29. The molecule has 2 aromatic rings. The van der Waals surface area contributed by atoms with Gasteiger partial charge in [-0.25, -0.2) is 5.43 Å². The first kappa shape index (κ1) is 11.7. The quantitative estimate of drug-likeness (QED) is 0.658. The first-order chi connectivity index (χ1) is 8.78. The molecule has 1 aromatic heterocycles. The number of hydrazine groups is 1. The Morgan fingerprint density at radius 1 is 1.33 bits per heavy atom. The van der Waals surface area contributed by atoms with E-state index in [1.54, 1.807) is 11.3 Å². The Labute approximate surface area is 111 Å². The molecule has 1 aliphatic heterocycles. The number of fused-ring (bicyclic) bond motifs is 1. The highest BCUT2D eigenvalue weighted by molar-refractivity contribution is 7.12. The minimum Gasteiger partial charge on any atom is -0.488 e. The fraction of sp³-hybridized carbons (Fsp3) is 0.286. The summed E-state index contributed by atoms with van der Waals surface area (Å²) < 4.78 is 5.99. The number of para-hydroxylation sites is 1. The van der Waals surface area contributed by atoms with Crippen molar-refractivity contribution in [1.82, 2.24) is 5.43 Å². The molecule has 0 aliphatic carbocycles. The summed E-state index contributed by atoms with van der Waals surface area (Å²) in [5.41, 5.74) is 4.15. The highest BCUT2D eigenvalue weighted by Gasteiger charge is 2.31. The van der Waals surface area contributed by atoms with E-state index in [9.17, 15) is 0 Å². The van der Waals surface area contributed by atoms with Crippen molar-refractivity contribution in [3.05, 3.63) is 51.7 Å². The van der Waals surface area contributed by atoms with E-state index >= 15 is 0 Å². The van der Waals surface area contributed by atoms with E-state index in [1.165, 1.54) is 15.3 Å². The van der Waals surface area contributed by atoms with Crippen LogP contribution in [0.4, 0.5) is 0 Å². The van der Waals surface area contributed by atoms with Gasteiger partial charge >= 0.3 is 0 Å². The third-order valence-corrected chi connectivity index (χ3v) is 4.37.